The molecule has 2 atom stereocenters. The summed E-state index contributed by atoms with van der Waals surface area (Å²) >= 11 is 0. The number of carbonyl (C=O) groups excluding carboxylic acids is 3. The SMILES string of the molecule is CCCCCCCCC=CCCCCCCCC(=O)NC(C[N+](=O)CCCCCCCCCCCCCCCCCC)C(=O)NCCN=CC1CCCN1C(=O)CC. The summed E-state index contributed by atoms with van der Waals surface area (Å²) in [6.07, 6.45) is 45.3. The van der Waals surface area contributed by atoms with Gasteiger partial charge in [0, 0.05) is 48.2 Å². The lowest BCUT2D eigenvalue weighted by Crippen LogP contribution is -2.51. The molecule has 0 spiro atoms. The third-order valence-electron chi connectivity index (χ3n) is 11.7. The molecule has 1 rings (SSSR count). The highest BCUT2D eigenvalue weighted by atomic mass is 16.3. The van der Waals surface area contributed by atoms with Crippen LogP contribution >= 0.6 is 0 Å². The predicted molar refractivity (Wildman–Crippen MR) is 246 cm³/mol. The van der Waals surface area contributed by atoms with Crippen molar-refractivity contribution in [1.29, 1.82) is 0 Å². The van der Waals surface area contributed by atoms with E-state index in [0.29, 0.717) is 32.5 Å². The second-order valence-corrected chi connectivity index (χ2v) is 17.1. The maximum atomic E-state index is 13.2. The fourth-order valence-electron chi connectivity index (χ4n) is 7.97. The number of aliphatic imine (C=N–C) groups is 1. The van der Waals surface area contributed by atoms with Gasteiger partial charge in [-0.2, -0.15) is 0 Å². The predicted octanol–water partition coefficient (Wildman–Crippen LogP) is 12.1. The number of hydrogen-bond acceptors (Lipinski definition) is 5. The van der Waals surface area contributed by atoms with Gasteiger partial charge in [-0.15, -0.1) is 0 Å². The van der Waals surface area contributed by atoms with Gasteiger partial charge in [0.25, 0.3) is 0 Å². The molecule has 1 fully saturated rings. The Hall–Kier alpha value is -2.58. The number of nitroso groups, excluding NO2 is 1. The summed E-state index contributed by atoms with van der Waals surface area (Å²) in [5.41, 5.74) is 0. The van der Waals surface area contributed by atoms with Crippen LogP contribution in [-0.2, 0) is 14.4 Å². The van der Waals surface area contributed by atoms with Gasteiger partial charge in [0.2, 0.25) is 24.3 Å². The highest BCUT2D eigenvalue weighted by Crippen LogP contribution is 2.17. The molecule has 1 saturated heterocycles. The first-order valence-electron chi connectivity index (χ1n) is 24.9. The van der Waals surface area contributed by atoms with Crippen molar-refractivity contribution < 1.29 is 19.1 Å². The number of nitrogens with one attached hydrogen (secondary N) is 2. The van der Waals surface area contributed by atoms with Crippen LogP contribution in [0, 0.1) is 4.91 Å². The molecule has 0 aromatic heterocycles. The van der Waals surface area contributed by atoms with Crippen molar-refractivity contribution in [3.05, 3.63) is 17.1 Å². The summed E-state index contributed by atoms with van der Waals surface area (Å²) in [7, 11) is 0. The van der Waals surface area contributed by atoms with E-state index in [1.165, 1.54) is 135 Å². The third-order valence-corrected chi connectivity index (χ3v) is 11.7. The zero-order valence-corrected chi connectivity index (χ0v) is 38.2. The van der Waals surface area contributed by atoms with Crippen LogP contribution < -0.4 is 10.6 Å². The third kappa shape index (κ3) is 31.4. The van der Waals surface area contributed by atoms with E-state index in [0.717, 1.165) is 75.5 Å². The second-order valence-electron chi connectivity index (χ2n) is 17.1. The van der Waals surface area contributed by atoms with Crippen LogP contribution in [0.4, 0.5) is 0 Å². The normalized spacial score (nSPS) is 14.8. The van der Waals surface area contributed by atoms with Crippen molar-refractivity contribution in [2.24, 2.45) is 4.99 Å². The average molecular weight is 815 g/mol. The number of hydrogen-bond donors (Lipinski definition) is 2. The Bertz CT molecular complexity index is 1080. The zero-order valence-electron chi connectivity index (χ0n) is 38.2. The summed E-state index contributed by atoms with van der Waals surface area (Å²) in [6, 6.07) is -0.879. The Kier molecular flexibility index (Phi) is 36.7. The quantitative estimate of drug-likeness (QED) is 0.0277. The van der Waals surface area contributed by atoms with Gasteiger partial charge in [0.15, 0.2) is 12.6 Å². The van der Waals surface area contributed by atoms with Crippen molar-refractivity contribution in [3.8, 4) is 0 Å². The Balaban J connectivity index is 2.36. The number of carbonyl (C=O) groups is 3. The van der Waals surface area contributed by atoms with Crippen molar-refractivity contribution >= 4 is 23.9 Å². The molecule has 0 bridgehead atoms. The molecule has 2 unspecified atom stereocenters. The van der Waals surface area contributed by atoms with Crippen LogP contribution in [0.1, 0.15) is 233 Å². The smallest absolute Gasteiger partial charge is 0.249 e. The van der Waals surface area contributed by atoms with Crippen LogP contribution in [0.5, 0.6) is 0 Å². The molecule has 2 N–H and O–H groups in total. The summed E-state index contributed by atoms with van der Waals surface area (Å²) in [5, 5.41) is 5.77. The highest BCUT2D eigenvalue weighted by molar-refractivity contribution is 5.87. The number of nitrogens with zero attached hydrogens (tertiary/aromatic N) is 3. The van der Waals surface area contributed by atoms with Crippen molar-refractivity contribution in [2.45, 2.75) is 245 Å². The lowest BCUT2D eigenvalue weighted by molar-refractivity contribution is -0.550. The van der Waals surface area contributed by atoms with Gasteiger partial charge < -0.3 is 15.5 Å². The molecule has 0 saturated carbocycles. The number of likely N-dealkylation sites (tertiary alicyclic amines) is 1. The van der Waals surface area contributed by atoms with Gasteiger partial charge in [-0.25, -0.2) is 0 Å². The molecule has 0 radical (unpaired) electrons. The van der Waals surface area contributed by atoms with Crippen LogP contribution in [0.15, 0.2) is 17.1 Å². The van der Waals surface area contributed by atoms with Gasteiger partial charge in [-0.1, -0.05) is 174 Å². The Labute approximate surface area is 357 Å². The molecule has 3 amide bonds. The first-order valence-corrected chi connectivity index (χ1v) is 24.9. The lowest BCUT2D eigenvalue weighted by Gasteiger charge is -2.20. The Morgan fingerprint density at radius 3 is 1.67 bits per heavy atom. The molecule has 58 heavy (non-hydrogen) atoms. The maximum Gasteiger partial charge on any atom is 0.249 e. The molecule has 336 valence electrons. The number of allylic oxidation sites excluding steroid dienone is 2. The van der Waals surface area contributed by atoms with Gasteiger partial charge in [-0.05, 0) is 51.4 Å². The van der Waals surface area contributed by atoms with E-state index in [4.69, 9.17) is 0 Å². The van der Waals surface area contributed by atoms with Crippen LogP contribution in [0.3, 0.4) is 0 Å². The topological polar surface area (TPSA) is 111 Å². The van der Waals surface area contributed by atoms with E-state index >= 15 is 0 Å². The lowest BCUT2D eigenvalue weighted by atomic mass is 10.0. The molecule has 0 aliphatic carbocycles. The first kappa shape index (κ1) is 53.4. The van der Waals surface area contributed by atoms with E-state index in [1.807, 2.05) is 18.0 Å². The van der Waals surface area contributed by atoms with E-state index in [2.05, 4.69) is 41.6 Å². The minimum Gasteiger partial charge on any atom is -0.352 e. The van der Waals surface area contributed by atoms with Crippen LogP contribution in [-0.4, -0.2) is 78.4 Å². The van der Waals surface area contributed by atoms with E-state index < -0.39 is 6.04 Å². The number of rotatable bonds is 41. The standard InChI is InChI=1S/C49H91N5O4/c1-4-7-9-11-13-15-17-19-21-23-25-27-29-31-33-35-41-53(58)44-46(49(57)51-40-39-50-43-45-37-36-42-54(45)48(56)6-3)52-47(55)38-34-32-30-28-26-24-22-20-18-16-14-12-10-8-5-2/h20,22,43,45-46H,4-19,21,23-42,44H2,1-3H3,(H-,51,52,55,57)/p+1. The summed E-state index contributed by atoms with van der Waals surface area (Å²) in [5.74, 6) is -0.373. The van der Waals surface area contributed by atoms with Crippen molar-refractivity contribution in [2.75, 3.05) is 32.7 Å². The molecular formula is C49H92N5O4+. The Morgan fingerprint density at radius 2 is 1.16 bits per heavy atom. The minimum absolute atomic E-state index is 0.0188. The number of unbranched alkanes of at least 4 members (excludes halogenated alkanes) is 26. The summed E-state index contributed by atoms with van der Waals surface area (Å²) in [4.78, 5) is 57.7. The average Bonchev–Trinajstić information content (AvgIpc) is 3.70. The highest BCUT2D eigenvalue weighted by Gasteiger charge is 2.28. The molecule has 1 aliphatic rings. The van der Waals surface area contributed by atoms with Gasteiger partial charge in [0.1, 0.15) is 0 Å². The molecule has 9 heteroatoms. The van der Waals surface area contributed by atoms with Crippen LogP contribution in [0.2, 0.25) is 0 Å². The monoisotopic (exact) mass is 815 g/mol. The van der Waals surface area contributed by atoms with Crippen molar-refractivity contribution in [1.82, 2.24) is 15.5 Å². The van der Waals surface area contributed by atoms with Crippen molar-refractivity contribution in [3.63, 3.8) is 0 Å². The van der Waals surface area contributed by atoms with E-state index in [1.54, 1.807) is 0 Å². The first-order chi connectivity index (χ1) is 28.4. The van der Waals surface area contributed by atoms with E-state index in [-0.39, 0.29) is 30.3 Å². The largest absolute Gasteiger partial charge is 0.352 e. The van der Waals surface area contributed by atoms with E-state index in [9.17, 15) is 19.3 Å². The van der Waals surface area contributed by atoms with Gasteiger partial charge in [-0.3, -0.25) is 19.4 Å². The van der Waals surface area contributed by atoms with Gasteiger partial charge >= 0.3 is 0 Å². The molecule has 1 heterocycles. The molecular weight excluding hydrogens is 723 g/mol. The fraction of sp³-hybridized carbons (Fsp3) is 0.878. The molecule has 0 aromatic rings. The second kappa shape index (κ2) is 39.9. The molecule has 0 aromatic carbocycles. The van der Waals surface area contributed by atoms with Crippen LogP contribution in [0.25, 0.3) is 0 Å². The van der Waals surface area contributed by atoms with Gasteiger partial charge in [0.05, 0.1) is 12.6 Å². The maximum absolute atomic E-state index is 13.2. The zero-order chi connectivity index (χ0) is 42.2. The Morgan fingerprint density at radius 1 is 0.672 bits per heavy atom. The fourth-order valence-corrected chi connectivity index (χ4v) is 7.97. The molecule has 1 aliphatic heterocycles. The summed E-state index contributed by atoms with van der Waals surface area (Å²) in [6.45, 7) is 8.18. The summed E-state index contributed by atoms with van der Waals surface area (Å²) < 4.78 is 0.952. The molecule has 9 nitrogen and oxygen atoms in total. The number of amides is 3. The minimum atomic E-state index is -0.898.